The van der Waals surface area contributed by atoms with Crippen LogP contribution in [0.2, 0.25) is 0 Å². The molecule has 9 heavy (non-hydrogen) atoms. The second-order valence-corrected chi connectivity index (χ2v) is 2.58. The zero-order valence-electron chi connectivity index (χ0n) is 5.22. The summed E-state index contributed by atoms with van der Waals surface area (Å²) in [6, 6.07) is 0. The third-order valence-corrected chi connectivity index (χ3v) is 2.01. The molecule has 0 unspecified atom stereocenters. The van der Waals surface area contributed by atoms with E-state index in [0.29, 0.717) is 0 Å². The predicted molar refractivity (Wildman–Crippen MR) is 34.0 cm³/mol. The summed E-state index contributed by atoms with van der Waals surface area (Å²) in [5.74, 6) is 0.767. The van der Waals surface area contributed by atoms with E-state index in [-0.39, 0.29) is 0 Å². The number of aromatic amines is 1. The molecule has 1 radical (unpaired) electrons. The van der Waals surface area contributed by atoms with Crippen LogP contribution in [-0.4, -0.2) is 10.2 Å². The smallest absolute Gasteiger partial charge is 0.116 e. The second-order valence-electron chi connectivity index (χ2n) is 2.58. The van der Waals surface area contributed by atoms with E-state index < -0.39 is 0 Å². The molecule has 0 aliphatic heterocycles. The first-order valence-electron chi connectivity index (χ1n) is 3.38. The highest BCUT2D eigenvalue weighted by atomic mass is 15.1. The quantitative estimate of drug-likeness (QED) is 0.599. The normalized spacial score (nSPS) is 19.6. The van der Waals surface area contributed by atoms with Crippen LogP contribution >= 0.6 is 0 Å². The molecule has 1 saturated carbocycles. The van der Waals surface area contributed by atoms with Crippen molar-refractivity contribution in [3.05, 3.63) is 18.0 Å². The largest absolute Gasteiger partial charge is 0.285 e. The minimum Gasteiger partial charge on any atom is -0.285 e. The molecular weight excluding hydrogens is 112 g/mol. The van der Waals surface area contributed by atoms with Gasteiger partial charge in [0.1, 0.15) is 6.20 Å². The second kappa shape index (κ2) is 1.87. The molecule has 1 aliphatic carbocycles. The lowest BCUT2D eigenvalue weighted by atomic mass is 9.81. The van der Waals surface area contributed by atoms with Crippen molar-refractivity contribution in [2.24, 2.45) is 0 Å². The van der Waals surface area contributed by atoms with Crippen molar-refractivity contribution in [3.8, 4) is 0 Å². The number of H-pyrrole nitrogens is 1. The van der Waals surface area contributed by atoms with Gasteiger partial charge < -0.3 is 0 Å². The maximum atomic E-state index is 3.78. The van der Waals surface area contributed by atoms with Crippen LogP contribution in [0.25, 0.3) is 0 Å². The number of hydrogen-bond donors (Lipinski definition) is 1. The Bertz CT molecular complexity index is 175. The van der Waals surface area contributed by atoms with Crippen molar-refractivity contribution in [1.29, 1.82) is 0 Å². The molecule has 0 bridgehead atoms. The average molecular weight is 121 g/mol. The van der Waals surface area contributed by atoms with Gasteiger partial charge in [-0.25, -0.2) is 0 Å². The van der Waals surface area contributed by atoms with Crippen molar-refractivity contribution >= 4 is 0 Å². The summed E-state index contributed by atoms with van der Waals surface area (Å²) >= 11 is 0. The molecule has 1 aromatic heterocycles. The summed E-state index contributed by atoms with van der Waals surface area (Å²) in [4.78, 5) is 0. The van der Waals surface area contributed by atoms with Crippen LogP contribution in [0, 0.1) is 6.20 Å². The highest BCUT2D eigenvalue weighted by Gasteiger charge is 2.19. The standard InChI is InChI=1S/C7H9N2/c1-2-6(3-1)7-4-8-9-5-7/h4,6H,1-3H2,(H,8,9). The molecule has 1 aromatic rings. The van der Waals surface area contributed by atoms with Crippen molar-refractivity contribution < 1.29 is 0 Å². The van der Waals surface area contributed by atoms with Gasteiger partial charge in [-0.2, -0.15) is 5.10 Å². The van der Waals surface area contributed by atoms with E-state index in [9.17, 15) is 0 Å². The first-order chi connectivity index (χ1) is 4.47. The minimum atomic E-state index is 0.767. The molecule has 1 aliphatic rings. The van der Waals surface area contributed by atoms with E-state index in [2.05, 4.69) is 16.4 Å². The summed E-state index contributed by atoms with van der Waals surface area (Å²) in [5, 5.41) is 6.55. The Morgan fingerprint density at radius 1 is 1.67 bits per heavy atom. The van der Waals surface area contributed by atoms with Gasteiger partial charge in [0.15, 0.2) is 0 Å². The molecular formula is C7H9N2. The van der Waals surface area contributed by atoms with Crippen LogP contribution in [0.5, 0.6) is 0 Å². The van der Waals surface area contributed by atoms with Crippen molar-refractivity contribution in [2.75, 3.05) is 0 Å². The zero-order chi connectivity index (χ0) is 6.10. The van der Waals surface area contributed by atoms with Crippen LogP contribution in [0.1, 0.15) is 30.7 Å². The van der Waals surface area contributed by atoms with Crippen LogP contribution in [0.4, 0.5) is 0 Å². The molecule has 0 spiro atoms. The monoisotopic (exact) mass is 121 g/mol. The van der Waals surface area contributed by atoms with Crippen molar-refractivity contribution in [2.45, 2.75) is 25.2 Å². The molecule has 1 heterocycles. The maximum absolute atomic E-state index is 3.78. The molecule has 0 amide bonds. The van der Waals surface area contributed by atoms with Gasteiger partial charge in [-0.15, -0.1) is 0 Å². The lowest BCUT2D eigenvalue weighted by molar-refractivity contribution is 0.419. The summed E-state index contributed by atoms with van der Waals surface area (Å²) in [7, 11) is 0. The summed E-state index contributed by atoms with van der Waals surface area (Å²) < 4.78 is 0. The van der Waals surface area contributed by atoms with Gasteiger partial charge in [0.05, 0.1) is 0 Å². The molecule has 0 saturated heterocycles. The van der Waals surface area contributed by atoms with Gasteiger partial charge in [0, 0.05) is 11.8 Å². The lowest BCUT2D eigenvalue weighted by Crippen LogP contribution is -2.07. The van der Waals surface area contributed by atoms with E-state index >= 15 is 0 Å². The Hall–Kier alpha value is -0.790. The Kier molecular flexibility index (Phi) is 1.04. The number of hydrogen-bond acceptors (Lipinski definition) is 1. The Morgan fingerprint density at radius 2 is 2.56 bits per heavy atom. The zero-order valence-corrected chi connectivity index (χ0v) is 5.22. The van der Waals surface area contributed by atoms with E-state index in [1.165, 1.54) is 24.8 Å². The van der Waals surface area contributed by atoms with Gasteiger partial charge in [0.2, 0.25) is 0 Å². The number of rotatable bonds is 1. The Labute approximate surface area is 54.3 Å². The average Bonchev–Trinajstić information content (AvgIpc) is 2.11. The van der Waals surface area contributed by atoms with Crippen molar-refractivity contribution in [1.82, 2.24) is 10.2 Å². The van der Waals surface area contributed by atoms with Gasteiger partial charge in [-0.1, -0.05) is 6.42 Å². The van der Waals surface area contributed by atoms with E-state index in [1.807, 2.05) is 6.20 Å². The summed E-state index contributed by atoms with van der Waals surface area (Å²) in [6.45, 7) is 0. The lowest BCUT2D eigenvalue weighted by Gasteiger charge is -2.23. The van der Waals surface area contributed by atoms with Crippen molar-refractivity contribution in [3.63, 3.8) is 0 Å². The fourth-order valence-corrected chi connectivity index (χ4v) is 1.16. The Balaban J connectivity index is 2.14. The van der Waals surface area contributed by atoms with Gasteiger partial charge in [0.25, 0.3) is 0 Å². The minimum absolute atomic E-state index is 0.767. The number of aromatic nitrogens is 2. The van der Waals surface area contributed by atoms with E-state index in [0.717, 1.165) is 5.92 Å². The van der Waals surface area contributed by atoms with Gasteiger partial charge >= 0.3 is 0 Å². The SMILES string of the molecule is [c]1n[nH]cc1C1CCC1. The topological polar surface area (TPSA) is 28.7 Å². The molecule has 0 aromatic carbocycles. The first-order valence-corrected chi connectivity index (χ1v) is 3.38. The maximum Gasteiger partial charge on any atom is 0.116 e. The van der Waals surface area contributed by atoms with Crippen LogP contribution < -0.4 is 0 Å². The molecule has 0 atom stereocenters. The fourth-order valence-electron chi connectivity index (χ4n) is 1.16. The molecule has 47 valence electrons. The molecule has 2 heteroatoms. The summed E-state index contributed by atoms with van der Waals surface area (Å²) in [5.41, 5.74) is 1.27. The third kappa shape index (κ3) is 0.745. The highest BCUT2D eigenvalue weighted by molar-refractivity contribution is 5.11. The molecule has 1 fully saturated rings. The summed E-state index contributed by atoms with van der Waals surface area (Å²) in [6.07, 6.45) is 8.92. The molecule has 2 rings (SSSR count). The fraction of sp³-hybridized carbons (Fsp3) is 0.571. The van der Waals surface area contributed by atoms with Crippen LogP contribution in [0.3, 0.4) is 0 Å². The Morgan fingerprint density at radius 3 is 3.00 bits per heavy atom. The van der Waals surface area contributed by atoms with E-state index in [4.69, 9.17) is 0 Å². The van der Waals surface area contributed by atoms with Gasteiger partial charge in [-0.3, -0.25) is 5.10 Å². The highest BCUT2D eigenvalue weighted by Crippen LogP contribution is 2.35. The molecule has 1 N–H and O–H groups in total. The predicted octanol–water partition coefficient (Wildman–Crippen LogP) is 1.48. The number of nitrogens with zero attached hydrogens (tertiary/aromatic N) is 1. The van der Waals surface area contributed by atoms with Crippen LogP contribution in [-0.2, 0) is 0 Å². The van der Waals surface area contributed by atoms with E-state index in [1.54, 1.807) is 0 Å². The van der Waals surface area contributed by atoms with Crippen LogP contribution in [0.15, 0.2) is 6.20 Å². The molecule has 2 nitrogen and oxygen atoms in total. The number of nitrogens with one attached hydrogen (secondary N) is 1. The third-order valence-electron chi connectivity index (χ3n) is 2.01. The first kappa shape index (κ1) is 5.03. The van der Waals surface area contributed by atoms with Gasteiger partial charge in [-0.05, 0) is 18.8 Å².